The summed E-state index contributed by atoms with van der Waals surface area (Å²) in [6.45, 7) is 12.0. The number of rotatable bonds is 0. The molecule has 0 atom stereocenters. The normalized spacial score (nSPS) is 5.40. The van der Waals surface area contributed by atoms with Gasteiger partial charge in [-0.15, -0.1) is 0 Å². The number of hydrogen-bond acceptors (Lipinski definition) is 0. The molecule has 0 heterocycles. The van der Waals surface area contributed by atoms with Crippen molar-refractivity contribution in [1.29, 1.82) is 0 Å². The first-order chi connectivity index (χ1) is 4.24. The van der Waals surface area contributed by atoms with Crippen LogP contribution in [-0.2, 0) is 32.7 Å². The van der Waals surface area contributed by atoms with Gasteiger partial charge in [-0.3, -0.25) is 0 Å². The zero-order valence-corrected chi connectivity index (χ0v) is 11.1. The molecule has 0 aromatic rings. The Morgan fingerprint density at radius 2 is 0.500 bits per heavy atom. The zero-order chi connectivity index (χ0) is 8.12. The van der Waals surface area contributed by atoms with Crippen LogP contribution in [0.1, 0.15) is 41.5 Å². The molecular formula is C9H21Y. The second kappa shape index (κ2) is 49.7. The van der Waals surface area contributed by atoms with Gasteiger partial charge in [-0.05, 0) is 0 Å². The summed E-state index contributed by atoms with van der Waals surface area (Å²) in [5, 5.41) is 0. The van der Waals surface area contributed by atoms with Crippen molar-refractivity contribution in [2.75, 3.05) is 0 Å². The van der Waals surface area contributed by atoms with Crippen molar-refractivity contribution in [2.24, 2.45) is 0 Å². The van der Waals surface area contributed by atoms with E-state index in [0.29, 0.717) is 0 Å². The average molecular weight is 218 g/mol. The maximum absolute atomic E-state index is 2.00. The van der Waals surface area contributed by atoms with Crippen molar-refractivity contribution in [2.45, 2.75) is 41.5 Å². The second-order valence-electron chi connectivity index (χ2n) is 1.73. The molecule has 0 spiro atoms. The molecule has 60 valence electrons. The van der Waals surface area contributed by atoms with Gasteiger partial charge in [0, 0.05) is 0 Å². The molecule has 0 saturated heterocycles. The standard InChI is InChI=1S/3C3H7.Y/c3*1-3-2;/h3*3H,1-2H3;/q3*-1;+3. The summed E-state index contributed by atoms with van der Waals surface area (Å²) in [4.78, 5) is 0. The van der Waals surface area contributed by atoms with Crippen molar-refractivity contribution in [3.05, 3.63) is 19.3 Å². The Hall–Kier alpha value is 1.10. The molecule has 0 saturated carbocycles. The summed E-state index contributed by atoms with van der Waals surface area (Å²) in [5.74, 6) is 0. The largest absolute Gasteiger partial charge is 3.00 e. The molecule has 10 heavy (non-hydrogen) atoms. The van der Waals surface area contributed by atoms with E-state index in [1.54, 1.807) is 0 Å². The van der Waals surface area contributed by atoms with Crippen LogP contribution in [0.5, 0.6) is 0 Å². The van der Waals surface area contributed by atoms with E-state index in [1.165, 1.54) is 0 Å². The van der Waals surface area contributed by atoms with Crippen molar-refractivity contribution in [1.82, 2.24) is 0 Å². The van der Waals surface area contributed by atoms with Crippen LogP contribution in [0.15, 0.2) is 0 Å². The Labute approximate surface area is 93.1 Å². The Kier molecular flexibility index (Phi) is 112. The summed E-state index contributed by atoms with van der Waals surface area (Å²) in [6, 6.07) is 0. The topological polar surface area (TPSA) is 0 Å². The Morgan fingerprint density at radius 1 is 0.500 bits per heavy atom. The Balaban J connectivity index is -0.0000000257. The Bertz CT molecular complexity index is 9.44. The SMILES string of the molecule is C[CH-]C.C[CH-]C.C[CH-]C.[Y+3]. The molecule has 0 N–H and O–H groups in total. The third-order valence-corrected chi connectivity index (χ3v) is 0. The van der Waals surface area contributed by atoms with Crippen LogP contribution < -0.4 is 0 Å². The number of hydrogen-bond donors (Lipinski definition) is 0. The minimum atomic E-state index is 0. The van der Waals surface area contributed by atoms with Gasteiger partial charge in [0.1, 0.15) is 0 Å². The molecule has 0 aromatic heterocycles. The predicted molar refractivity (Wildman–Crippen MR) is 46.9 cm³/mol. The van der Waals surface area contributed by atoms with E-state index < -0.39 is 0 Å². The molecule has 0 aliphatic rings. The van der Waals surface area contributed by atoms with Gasteiger partial charge in [0.15, 0.2) is 0 Å². The molecule has 0 rings (SSSR count). The van der Waals surface area contributed by atoms with Crippen LogP contribution in [0.4, 0.5) is 0 Å². The fourth-order valence-electron chi connectivity index (χ4n) is 0. The van der Waals surface area contributed by atoms with E-state index in [0.717, 1.165) is 0 Å². The zero-order valence-electron chi connectivity index (χ0n) is 8.31. The molecule has 0 aromatic carbocycles. The third-order valence-electron chi connectivity index (χ3n) is 0. The van der Waals surface area contributed by atoms with E-state index in [4.69, 9.17) is 0 Å². The summed E-state index contributed by atoms with van der Waals surface area (Å²) in [7, 11) is 0. The van der Waals surface area contributed by atoms with Gasteiger partial charge < -0.3 is 19.3 Å². The fourth-order valence-corrected chi connectivity index (χ4v) is 0. The molecule has 0 aliphatic carbocycles. The summed E-state index contributed by atoms with van der Waals surface area (Å²) < 4.78 is 0. The Morgan fingerprint density at radius 3 is 0.500 bits per heavy atom. The van der Waals surface area contributed by atoms with Crippen LogP contribution in [0.3, 0.4) is 0 Å². The molecule has 0 unspecified atom stereocenters. The molecule has 0 nitrogen and oxygen atoms in total. The first kappa shape index (κ1) is 22.5. The van der Waals surface area contributed by atoms with Crippen molar-refractivity contribution in [3.63, 3.8) is 0 Å². The van der Waals surface area contributed by atoms with E-state index in [1.807, 2.05) is 60.8 Å². The predicted octanol–water partition coefficient (Wildman–Crippen LogP) is 3.69. The quantitative estimate of drug-likeness (QED) is 0.544. The van der Waals surface area contributed by atoms with Crippen LogP contribution in [0, 0.1) is 19.3 Å². The first-order valence-corrected chi connectivity index (χ1v) is 3.46. The summed E-state index contributed by atoms with van der Waals surface area (Å²) in [6.07, 6.45) is 6.00. The summed E-state index contributed by atoms with van der Waals surface area (Å²) >= 11 is 0. The molecule has 0 aliphatic heterocycles. The molecule has 0 fully saturated rings. The maximum atomic E-state index is 2.00. The van der Waals surface area contributed by atoms with Gasteiger partial charge in [0.2, 0.25) is 0 Å². The molecule has 0 bridgehead atoms. The first-order valence-electron chi connectivity index (χ1n) is 3.46. The van der Waals surface area contributed by atoms with E-state index in [-0.39, 0.29) is 32.7 Å². The second-order valence-corrected chi connectivity index (χ2v) is 1.73. The van der Waals surface area contributed by atoms with Gasteiger partial charge in [-0.1, -0.05) is 0 Å². The van der Waals surface area contributed by atoms with Crippen LogP contribution in [0.2, 0.25) is 0 Å². The third kappa shape index (κ3) is 491. The fraction of sp³-hybridized carbons (Fsp3) is 0.667. The molecule has 0 radical (unpaired) electrons. The maximum Gasteiger partial charge on any atom is 3.00 e. The minimum absolute atomic E-state index is 0. The van der Waals surface area contributed by atoms with Crippen molar-refractivity contribution >= 4 is 0 Å². The van der Waals surface area contributed by atoms with Gasteiger partial charge in [0.25, 0.3) is 0 Å². The average Bonchev–Trinajstić information content (AvgIpc) is 1.70. The van der Waals surface area contributed by atoms with Gasteiger partial charge in [-0.25, -0.2) is 0 Å². The molecular weight excluding hydrogens is 197 g/mol. The van der Waals surface area contributed by atoms with Crippen molar-refractivity contribution < 1.29 is 32.7 Å². The molecule has 0 amide bonds. The smallest absolute Gasteiger partial charge is 0.335 e. The van der Waals surface area contributed by atoms with Gasteiger partial charge in [-0.2, -0.15) is 41.5 Å². The van der Waals surface area contributed by atoms with Crippen LogP contribution in [-0.4, -0.2) is 0 Å². The monoisotopic (exact) mass is 218 g/mol. The van der Waals surface area contributed by atoms with Gasteiger partial charge in [0.05, 0.1) is 0 Å². The summed E-state index contributed by atoms with van der Waals surface area (Å²) in [5.41, 5.74) is 0. The van der Waals surface area contributed by atoms with Gasteiger partial charge >= 0.3 is 32.7 Å². The minimum Gasteiger partial charge on any atom is -0.335 e. The van der Waals surface area contributed by atoms with Crippen LogP contribution in [0.25, 0.3) is 0 Å². The van der Waals surface area contributed by atoms with Crippen molar-refractivity contribution in [3.8, 4) is 0 Å². The van der Waals surface area contributed by atoms with Crippen LogP contribution >= 0.6 is 0 Å². The van der Waals surface area contributed by atoms with E-state index in [2.05, 4.69) is 0 Å². The van der Waals surface area contributed by atoms with E-state index in [9.17, 15) is 0 Å². The molecule has 1 heteroatoms. The van der Waals surface area contributed by atoms with E-state index >= 15 is 0 Å².